The van der Waals surface area contributed by atoms with Gasteiger partial charge in [0.15, 0.2) is 0 Å². The van der Waals surface area contributed by atoms with Crippen LogP contribution < -0.4 is 10.1 Å². The third-order valence-corrected chi connectivity index (χ3v) is 2.84. The van der Waals surface area contributed by atoms with E-state index in [0.29, 0.717) is 11.3 Å². The van der Waals surface area contributed by atoms with Crippen LogP contribution in [0.15, 0.2) is 36.7 Å². The summed E-state index contributed by atoms with van der Waals surface area (Å²) >= 11 is 0. The van der Waals surface area contributed by atoms with Gasteiger partial charge in [-0.3, -0.25) is 9.97 Å². The monoisotopic (exact) mass is 297 g/mol. The molecule has 0 saturated heterocycles. The highest BCUT2D eigenvalue weighted by molar-refractivity contribution is 5.39. The highest BCUT2D eigenvalue weighted by Crippen LogP contribution is 2.32. The maximum absolute atomic E-state index is 12.5. The molecule has 0 radical (unpaired) electrons. The summed E-state index contributed by atoms with van der Waals surface area (Å²) in [5.41, 5.74) is 1.59. The maximum Gasteiger partial charge on any atom is 0.573 e. The van der Waals surface area contributed by atoms with Gasteiger partial charge >= 0.3 is 6.36 Å². The van der Waals surface area contributed by atoms with Gasteiger partial charge in [-0.2, -0.15) is 0 Å². The van der Waals surface area contributed by atoms with E-state index in [4.69, 9.17) is 0 Å². The van der Waals surface area contributed by atoms with Crippen molar-refractivity contribution in [1.82, 2.24) is 15.3 Å². The lowest BCUT2D eigenvalue weighted by Crippen LogP contribution is -2.23. The van der Waals surface area contributed by atoms with Crippen molar-refractivity contribution in [3.8, 4) is 5.75 Å². The minimum absolute atomic E-state index is 0.258. The summed E-state index contributed by atoms with van der Waals surface area (Å²) in [5, 5.41) is 2.93. The van der Waals surface area contributed by atoms with Crippen molar-refractivity contribution in [2.24, 2.45) is 0 Å². The summed E-state index contributed by atoms with van der Waals surface area (Å²) < 4.78 is 41.5. The Balaban J connectivity index is 2.40. The SMILES string of the molecule is CNC(c1cnc(C)cn1)c1ccccc1OC(F)(F)F. The molecule has 0 saturated carbocycles. The second-order valence-corrected chi connectivity index (χ2v) is 4.39. The first-order chi connectivity index (χ1) is 9.90. The van der Waals surface area contributed by atoms with Gasteiger partial charge in [0, 0.05) is 11.8 Å². The van der Waals surface area contributed by atoms with E-state index in [9.17, 15) is 13.2 Å². The van der Waals surface area contributed by atoms with Crippen LogP contribution in [0, 0.1) is 6.92 Å². The zero-order valence-corrected chi connectivity index (χ0v) is 11.5. The molecule has 1 heterocycles. The predicted octanol–water partition coefficient (Wildman–Crippen LogP) is 2.99. The minimum Gasteiger partial charge on any atom is -0.405 e. The van der Waals surface area contributed by atoms with E-state index in [2.05, 4.69) is 20.0 Å². The molecule has 0 aliphatic heterocycles. The summed E-state index contributed by atoms with van der Waals surface area (Å²) in [6.07, 6.45) is -1.65. The Kier molecular flexibility index (Phi) is 4.42. The van der Waals surface area contributed by atoms with Gasteiger partial charge in [-0.25, -0.2) is 0 Å². The van der Waals surface area contributed by atoms with Crippen molar-refractivity contribution >= 4 is 0 Å². The van der Waals surface area contributed by atoms with Gasteiger partial charge in [-0.05, 0) is 20.0 Å². The number of aryl methyl sites for hydroxylation is 1. The van der Waals surface area contributed by atoms with Crippen LogP contribution in [0.25, 0.3) is 0 Å². The van der Waals surface area contributed by atoms with E-state index in [0.717, 1.165) is 5.69 Å². The van der Waals surface area contributed by atoms with Gasteiger partial charge in [0.1, 0.15) is 5.75 Å². The minimum atomic E-state index is -4.74. The highest BCUT2D eigenvalue weighted by atomic mass is 19.4. The van der Waals surface area contributed by atoms with Crippen molar-refractivity contribution in [1.29, 1.82) is 0 Å². The third-order valence-electron chi connectivity index (χ3n) is 2.84. The number of nitrogens with one attached hydrogen (secondary N) is 1. The van der Waals surface area contributed by atoms with Crippen molar-refractivity contribution in [3.63, 3.8) is 0 Å². The van der Waals surface area contributed by atoms with Crippen LogP contribution in [0.3, 0.4) is 0 Å². The highest BCUT2D eigenvalue weighted by Gasteiger charge is 2.33. The lowest BCUT2D eigenvalue weighted by atomic mass is 10.0. The molecule has 0 aliphatic carbocycles. The number of rotatable bonds is 4. The molecule has 0 aliphatic rings. The number of benzene rings is 1. The number of alkyl halides is 3. The number of aromatic nitrogens is 2. The fraction of sp³-hybridized carbons (Fsp3) is 0.286. The normalized spacial score (nSPS) is 13.0. The summed E-state index contributed by atoms with van der Waals surface area (Å²) in [7, 11) is 1.64. The Hall–Kier alpha value is -2.15. The van der Waals surface area contributed by atoms with Crippen molar-refractivity contribution in [2.45, 2.75) is 19.3 Å². The molecule has 1 unspecified atom stereocenters. The predicted molar refractivity (Wildman–Crippen MR) is 70.8 cm³/mol. The van der Waals surface area contributed by atoms with E-state index in [-0.39, 0.29) is 5.75 Å². The molecule has 4 nitrogen and oxygen atoms in total. The van der Waals surface area contributed by atoms with Crippen LogP contribution >= 0.6 is 0 Å². The van der Waals surface area contributed by atoms with E-state index < -0.39 is 12.4 Å². The topological polar surface area (TPSA) is 47.0 Å². The Morgan fingerprint density at radius 1 is 1.14 bits per heavy atom. The molecular weight excluding hydrogens is 283 g/mol. The van der Waals surface area contributed by atoms with Crippen molar-refractivity contribution in [3.05, 3.63) is 53.6 Å². The van der Waals surface area contributed by atoms with Crippen LogP contribution in [-0.4, -0.2) is 23.4 Å². The van der Waals surface area contributed by atoms with Gasteiger partial charge in [0.25, 0.3) is 0 Å². The van der Waals surface area contributed by atoms with Crippen LogP contribution in [0.1, 0.15) is 23.0 Å². The van der Waals surface area contributed by atoms with Gasteiger partial charge in [-0.15, -0.1) is 13.2 Å². The summed E-state index contributed by atoms with van der Waals surface area (Å²) in [4.78, 5) is 8.31. The quantitative estimate of drug-likeness (QED) is 0.942. The molecule has 1 N–H and O–H groups in total. The van der Waals surface area contributed by atoms with Crippen LogP contribution in [0.4, 0.5) is 13.2 Å². The standard InChI is InChI=1S/C14H14F3N3O/c1-9-7-20-11(8-19-9)13(18-2)10-5-3-4-6-12(10)21-14(15,16)17/h3-8,13,18H,1-2H3. The Labute approximate surface area is 120 Å². The molecule has 0 spiro atoms. The molecule has 0 fully saturated rings. The summed E-state index contributed by atoms with van der Waals surface area (Å²) in [6.45, 7) is 1.78. The van der Waals surface area contributed by atoms with Crippen LogP contribution in [-0.2, 0) is 0 Å². The second-order valence-electron chi connectivity index (χ2n) is 4.39. The third kappa shape index (κ3) is 3.91. The average Bonchev–Trinajstić information content (AvgIpc) is 2.42. The molecule has 0 amide bonds. The molecule has 2 aromatic rings. The second kappa shape index (κ2) is 6.09. The average molecular weight is 297 g/mol. The first-order valence-corrected chi connectivity index (χ1v) is 6.21. The largest absolute Gasteiger partial charge is 0.573 e. The van der Waals surface area contributed by atoms with E-state index in [1.165, 1.54) is 18.3 Å². The smallest absolute Gasteiger partial charge is 0.405 e. The van der Waals surface area contributed by atoms with Crippen molar-refractivity contribution in [2.75, 3.05) is 7.05 Å². The number of hydrogen-bond donors (Lipinski definition) is 1. The lowest BCUT2D eigenvalue weighted by Gasteiger charge is -2.20. The summed E-state index contributed by atoms with van der Waals surface area (Å²) in [6, 6.07) is 5.41. The summed E-state index contributed by atoms with van der Waals surface area (Å²) in [5.74, 6) is -0.258. The molecular formula is C14H14F3N3O. The number of nitrogens with zero attached hydrogens (tertiary/aromatic N) is 2. The van der Waals surface area contributed by atoms with Gasteiger partial charge in [-0.1, -0.05) is 18.2 Å². The van der Waals surface area contributed by atoms with Crippen molar-refractivity contribution < 1.29 is 17.9 Å². The first kappa shape index (κ1) is 15.2. The number of ether oxygens (including phenoxy) is 1. The number of halogens is 3. The molecule has 1 atom stereocenters. The van der Waals surface area contributed by atoms with Crippen LogP contribution in [0.2, 0.25) is 0 Å². The zero-order valence-electron chi connectivity index (χ0n) is 11.5. The molecule has 2 rings (SSSR count). The van der Waals surface area contributed by atoms with Gasteiger partial charge in [0.2, 0.25) is 0 Å². The molecule has 112 valence electrons. The molecule has 7 heteroatoms. The molecule has 1 aromatic carbocycles. The Morgan fingerprint density at radius 3 is 2.43 bits per heavy atom. The fourth-order valence-electron chi connectivity index (χ4n) is 1.95. The van der Waals surface area contributed by atoms with Crippen LogP contribution in [0.5, 0.6) is 5.75 Å². The Bertz CT molecular complexity index is 599. The van der Waals surface area contributed by atoms with Gasteiger partial charge < -0.3 is 10.1 Å². The molecule has 1 aromatic heterocycles. The van der Waals surface area contributed by atoms with E-state index in [1.54, 1.807) is 32.3 Å². The fourth-order valence-corrected chi connectivity index (χ4v) is 1.95. The number of hydrogen-bond acceptors (Lipinski definition) is 4. The first-order valence-electron chi connectivity index (χ1n) is 6.21. The molecule has 21 heavy (non-hydrogen) atoms. The van der Waals surface area contributed by atoms with E-state index >= 15 is 0 Å². The maximum atomic E-state index is 12.5. The van der Waals surface area contributed by atoms with Gasteiger partial charge in [0.05, 0.1) is 23.6 Å². The van der Waals surface area contributed by atoms with E-state index in [1.807, 2.05) is 0 Å². The number of para-hydroxylation sites is 1. The Morgan fingerprint density at radius 2 is 1.86 bits per heavy atom. The zero-order chi connectivity index (χ0) is 15.5. The lowest BCUT2D eigenvalue weighted by molar-refractivity contribution is -0.275. The molecule has 0 bridgehead atoms.